The summed E-state index contributed by atoms with van der Waals surface area (Å²) in [6.45, 7) is 4.14. The number of halogens is 1. The fourth-order valence-electron chi connectivity index (χ4n) is 3.98. The van der Waals surface area contributed by atoms with Gasteiger partial charge in [0.25, 0.3) is 0 Å². The molecule has 0 atom stereocenters. The molecule has 6 nitrogen and oxygen atoms in total. The normalized spacial score (nSPS) is 19.7. The number of rotatable bonds is 3. The van der Waals surface area contributed by atoms with Gasteiger partial charge in [-0.15, -0.1) is 0 Å². The number of hydrogen-bond acceptors (Lipinski definition) is 5. The van der Waals surface area contributed by atoms with Gasteiger partial charge in [0.1, 0.15) is 0 Å². The average Bonchev–Trinajstić information content (AvgIpc) is 2.75. The number of benzene rings is 1. The molecule has 0 N–H and O–H groups in total. The van der Waals surface area contributed by atoms with Crippen LogP contribution in [0.1, 0.15) is 18.4 Å². The number of aromatic nitrogens is 2. The molecular formula is C20H23BrN4O2. The molecule has 142 valence electrons. The Morgan fingerprint density at radius 2 is 1.63 bits per heavy atom. The number of amides is 1. The third-order valence-electron chi connectivity index (χ3n) is 5.55. The SMILES string of the molecule is O=C(N1CCN(c2ncccn2)CC1)C1(c2ccc(Br)cc2)CCOCC1. The summed E-state index contributed by atoms with van der Waals surface area (Å²) in [7, 11) is 0. The summed E-state index contributed by atoms with van der Waals surface area (Å²) < 4.78 is 6.60. The summed E-state index contributed by atoms with van der Waals surface area (Å²) in [4.78, 5) is 26.4. The highest BCUT2D eigenvalue weighted by molar-refractivity contribution is 9.10. The van der Waals surface area contributed by atoms with Gasteiger partial charge in [0, 0.05) is 56.3 Å². The van der Waals surface area contributed by atoms with Gasteiger partial charge in [-0.3, -0.25) is 4.79 Å². The van der Waals surface area contributed by atoms with Crippen LogP contribution in [0.2, 0.25) is 0 Å². The van der Waals surface area contributed by atoms with Gasteiger partial charge in [-0.25, -0.2) is 9.97 Å². The first-order valence-corrected chi connectivity index (χ1v) is 10.1. The highest BCUT2D eigenvalue weighted by Crippen LogP contribution is 2.37. The molecule has 4 rings (SSSR count). The topological polar surface area (TPSA) is 58.6 Å². The van der Waals surface area contributed by atoms with Gasteiger partial charge in [-0.05, 0) is 36.6 Å². The van der Waals surface area contributed by atoms with E-state index in [1.54, 1.807) is 12.4 Å². The number of carbonyl (C=O) groups excluding carboxylic acids is 1. The summed E-state index contributed by atoms with van der Waals surface area (Å²) in [6.07, 6.45) is 4.97. The van der Waals surface area contributed by atoms with Crippen molar-refractivity contribution in [3.8, 4) is 0 Å². The quantitative estimate of drug-likeness (QED) is 0.748. The van der Waals surface area contributed by atoms with Crippen LogP contribution in [-0.4, -0.2) is 60.2 Å². The molecule has 27 heavy (non-hydrogen) atoms. The molecule has 0 aliphatic carbocycles. The van der Waals surface area contributed by atoms with E-state index in [1.165, 1.54) is 0 Å². The van der Waals surface area contributed by atoms with E-state index in [1.807, 2.05) is 23.1 Å². The van der Waals surface area contributed by atoms with E-state index in [0.29, 0.717) is 26.3 Å². The first kappa shape index (κ1) is 18.4. The van der Waals surface area contributed by atoms with Gasteiger partial charge in [-0.1, -0.05) is 28.1 Å². The van der Waals surface area contributed by atoms with Gasteiger partial charge in [0.15, 0.2) is 0 Å². The van der Waals surface area contributed by atoms with Crippen molar-refractivity contribution in [1.82, 2.24) is 14.9 Å². The third kappa shape index (κ3) is 3.71. The Labute approximate surface area is 167 Å². The number of piperazine rings is 1. The third-order valence-corrected chi connectivity index (χ3v) is 6.08. The van der Waals surface area contributed by atoms with Gasteiger partial charge >= 0.3 is 0 Å². The van der Waals surface area contributed by atoms with Crippen LogP contribution in [0.25, 0.3) is 0 Å². The first-order valence-electron chi connectivity index (χ1n) is 9.34. The summed E-state index contributed by atoms with van der Waals surface area (Å²) in [5.74, 6) is 0.958. The van der Waals surface area contributed by atoms with Crippen molar-refractivity contribution in [2.75, 3.05) is 44.3 Å². The van der Waals surface area contributed by atoms with E-state index in [4.69, 9.17) is 4.74 Å². The first-order chi connectivity index (χ1) is 13.2. The maximum Gasteiger partial charge on any atom is 0.233 e. The van der Waals surface area contributed by atoms with Crippen LogP contribution in [0.4, 0.5) is 5.95 Å². The van der Waals surface area contributed by atoms with Gasteiger partial charge in [0.05, 0.1) is 5.41 Å². The van der Waals surface area contributed by atoms with Gasteiger partial charge in [-0.2, -0.15) is 0 Å². The number of nitrogens with zero attached hydrogens (tertiary/aromatic N) is 4. The summed E-state index contributed by atoms with van der Waals surface area (Å²) in [6, 6.07) is 9.99. The van der Waals surface area contributed by atoms with Gasteiger partial charge in [0.2, 0.25) is 11.9 Å². The maximum atomic E-state index is 13.6. The van der Waals surface area contributed by atoms with Crippen LogP contribution in [0, 0.1) is 0 Å². The van der Waals surface area contributed by atoms with Crippen molar-refractivity contribution in [2.24, 2.45) is 0 Å². The van der Waals surface area contributed by atoms with Crippen LogP contribution >= 0.6 is 15.9 Å². The van der Waals surface area contributed by atoms with E-state index in [-0.39, 0.29) is 5.91 Å². The lowest BCUT2D eigenvalue weighted by atomic mass is 9.73. The number of carbonyl (C=O) groups is 1. The standard InChI is InChI=1S/C20H23BrN4O2/c21-17-4-2-16(3-5-17)20(6-14-27-15-7-20)18(26)24-10-12-25(13-11-24)19-22-8-1-9-23-19/h1-5,8-9H,6-7,10-15H2. The Bertz CT molecular complexity index is 770. The zero-order chi connectivity index (χ0) is 18.7. The largest absolute Gasteiger partial charge is 0.381 e. The van der Waals surface area contributed by atoms with Crippen molar-refractivity contribution >= 4 is 27.8 Å². The van der Waals surface area contributed by atoms with E-state index < -0.39 is 5.41 Å². The molecule has 0 saturated carbocycles. The van der Waals surface area contributed by atoms with Crippen molar-refractivity contribution in [3.05, 3.63) is 52.8 Å². The van der Waals surface area contributed by atoms with E-state index >= 15 is 0 Å². The summed E-state index contributed by atoms with van der Waals surface area (Å²) >= 11 is 3.49. The molecule has 2 aromatic rings. The number of ether oxygens (including phenoxy) is 1. The second kappa shape index (κ2) is 7.94. The predicted octanol–water partition coefficient (Wildman–Crippen LogP) is 2.64. The minimum atomic E-state index is -0.482. The lowest BCUT2D eigenvalue weighted by Gasteiger charge is -2.43. The Balaban J connectivity index is 1.52. The highest BCUT2D eigenvalue weighted by Gasteiger charge is 2.44. The molecule has 2 fully saturated rings. The Hall–Kier alpha value is -1.99. The average molecular weight is 431 g/mol. The maximum absolute atomic E-state index is 13.6. The minimum Gasteiger partial charge on any atom is -0.381 e. The van der Waals surface area contributed by atoms with Crippen molar-refractivity contribution in [1.29, 1.82) is 0 Å². The second-order valence-electron chi connectivity index (χ2n) is 7.03. The van der Waals surface area contributed by atoms with E-state index in [0.717, 1.165) is 41.9 Å². The summed E-state index contributed by atoms with van der Waals surface area (Å²) in [5.41, 5.74) is 0.609. The fourth-order valence-corrected chi connectivity index (χ4v) is 4.25. The molecule has 1 amide bonds. The van der Waals surface area contributed by atoms with Crippen molar-refractivity contribution in [2.45, 2.75) is 18.3 Å². The van der Waals surface area contributed by atoms with Crippen LogP contribution in [-0.2, 0) is 14.9 Å². The molecule has 1 aromatic heterocycles. The zero-order valence-corrected chi connectivity index (χ0v) is 16.8. The van der Waals surface area contributed by atoms with Gasteiger partial charge < -0.3 is 14.5 Å². The fraction of sp³-hybridized carbons (Fsp3) is 0.450. The minimum absolute atomic E-state index is 0.224. The molecule has 2 aliphatic heterocycles. The molecule has 7 heteroatoms. The van der Waals surface area contributed by atoms with E-state index in [9.17, 15) is 4.79 Å². The lowest BCUT2D eigenvalue weighted by Crippen LogP contribution is -2.56. The van der Waals surface area contributed by atoms with Crippen LogP contribution in [0.3, 0.4) is 0 Å². The van der Waals surface area contributed by atoms with E-state index in [2.05, 4.69) is 42.9 Å². The Kier molecular flexibility index (Phi) is 5.41. The molecule has 1 aromatic carbocycles. The Morgan fingerprint density at radius 3 is 2.26 bits per heavy atom. The second-order valence-corrected chi connectivity index (χ2v) is 7.95. The van der Waals surface area contributed by atoms with Crippen molar-refractivity contribution in [3.63, 3.8) is 0 Å². The highest BCUT2D eigenvalue weighted by atomic mass is 79.9. The smallest absolute Gasteiger partial charge is 0.233 e. The van der Waals surface area contributed by atoms with Crippen LogP contribution in [0.15, 0.2) is 47.2 Å². The lowest BCUT2D eigenvalue weighted by molar-refractivity contribution is -0.141. The molecule has 0 unspecified atom stereocenters. The molecule has 0 spiro atoms. The predicted molar refractivity (Wildman–Crippen MR) is 107 cm³/mol. The summed E-state index contributed by atoms with van der Waals surface area (Å²) in [5, 5.41) is 0. The van der Waals surface area contributed by atoms with Crippen LogP contribution in [0.5, 0.6) is 0 Å². The number of anilines is 1. The van der Waals surface area contributed by atoms with Crippen LogP contribution < -0.4 is 4.90 Å². The molecule has 0 radical (unpaired) electrons. The molecule has 3 heterocycles. The molecule has 0 bridgehead atoms. The number of hydrogen-bond donors (Lipinski definition) is 0. The monoisotopic (exact) mass is 430 g/mol. The zero-order valence-electron chi connectivity index (χ0n) is 15.2. The Morgan fingerprint density at radius 1 is 1.00 bits per heavy atom. The molecule has 2 saturated heterocycles. The molecular weight excluding hydrogens is 408 g/mol. The molecule has 2 aliphatic rings. The van der Waals surface area contributed by atoms with Crippen molar-refractivity contribution < 1.29 is 9.53 Å².